The van der Waals surface area contributed by atoms with Crippen LogP contribution in [0.25, 0.3) is 11.1 Å². The number of rotatable bonds is 6. The number of halogens is 2. The summed E-state index contributed by atoms with van der Waals surface area (Å²) in [6.07, 6.45) is -0.307. The highest BCUT2D eigenvalue weighted by atomic mass is 19.1. The summed E-state index contributed by atoms with van der Waals surface area (Å²) < 4.78 is 26.8. The standard InChI is InChI=1S/C27H24F2N2O3/c1-16(11-20(32)14-17-12-18(28)15-19(29)13-17)26(33)30-25-23-9-4-3-7-21(23)22-8-5-6-10-24(22)31(2)27(25)34/h3-10,12-13,15-16,25H,11,14H2,1-2H3,(H,30,33)/t16-,25+/m1/s1. The largest absolute Gasteiger partial charge is 0.340 e. The lowest BCUT2D eigenvalue weighted by molar-refractivity contribution is -0.131. The zero-order valence-electron chi connectivity index (χ0n) is 18.8. The van der Waals surface area contributed by atoms with Crippen LogP contribution in [0.4, 0.5) is 14.5 Å². The number of fused-ring (bicyclic) bond motifs is 3. The van der Waals surface area contributed by atoms with Crippen molar-refractivity contribution in [3.05, 3.63) is 89.5 Å². The lowest BCUT2D eigenvalue weighted by Gasteiger charge is -2.24. The summed E-state index contributed by atoms with van der Waals surface area (Å²) >= 11 is 0. The lowest BCUT2D eigenvalue weighted by Crippen LogP contribution is -2.42. The summed E-state index contributed by atoms with van der Waals surface area (Å²) in [6, 6.07) is 16.9. The number of Topliss-reactive ketones (excluding diaryl/α,β-unsaturated/α-hetero) is 1. The van der Waals surface area contributed by atoms with E-state index in [1.165, 1.54) is 4.90 Å². The zero-order valence-corrected chi connectivity index (χ0v) is 18.8. The van der Waals surface area contributed by atoms with Crippen LogP contribution < -0.4 is 10.2 Å². The van der Waals surface area contributed by atoms with Gasteiger partial charge in [-0.3, -0.25) is 14.4 Å². The van der Waals surface area contributed by atoms with Gasteiger partial charge in [0.25, 0.3) is 5.91 Å². The third-order valence-corrected chi connectivity index (χ3v) is 6.00. The Kier molecular flexibility index (Phi) is 6.54. The van der Waals surface area contributed by atoms with Gasteiger partial charge < -0.3 is 10.2 Å². The number of hydrogen-bond donors (Lipinski definition) is 1. The number of nitrogens with one attached hydrogen (secondary N) is 1. The molecule has 3 aromatic rings. The Labute approximate surface area is 196 Å². The summed E-state index contributed by atoms with van der Waals surface area (Å²) in [5.74, 6) is -3.33. The molecular formula is C27H24F2N2O3. The molecule has 0 bridgehead atoms. The molecule has 0 spiro atoms. The molecule has 0 aromatic heterocycles. The topological polar surface area (TPSA) is 66.5 Å². The number of para-hydroxylation sites is 1. The van der Waals surface area contributed by atoms with Gasteiger partial charge in [0, 0.05) is 37.4 Å². The predicted molar refractivity (Wildman–Crippen MR) is 125 cm³/mol. The van der Waals surface area contributed by atoms with Gasteiger partial charge in [0.05, 0.1) is 5.69 Å². The number of anilines is 1. The first-order chi connectivity index (χ1) is 16.2. The summed E-state index contributed by atoms with van der Waals surface area (Å²) in [4.78, 5) is 40.3. The third kappa shape index (κ3) is 4.73. The third-order valence-electron chi connectivity index (χ3n) is 6.00. The van der Waals surface area contributed by atoms with Crippen LogP contribution >= 0.6 is 0 Å². The number of amides is 2. The van der Waals surface area contributed by atoms with Crippen molar-refractivity contribution in [3.8, 4) is 11.1 Å². The molecule has 174 valence electrons. The summed E-state index contributed by atoms with van der Waals surface area (Å²) in [6.45, 7) is 1.59. The van der Waals surface area contributed by atoms with Gasteiger partial charge in [-0.15, -0.1) is 0 Å². The van der Waals surface area contributed by atoms with Crippen LogP contribution in [0.5, 0.6) is 0 Å². The highest BCUT2D eigenvalue weighted by Crippen LogP contribution is 2.39. The number of carbonyl (C=O) groups is 3. The fourth-order valence-corrected chi connectivity index (χ4v) is 4.30. The van der Waals surface area contributed by atoms with Gasteiger partial charge >= 0.3 is 0 Å². The molecule has 2 atom stereocenters. The maximum absolute atomic E-state index is 13.4. The van der Waals surface area contributed by atoms with E-state index in [1.807, 2.05) is 48.5 Å². The molecule has 0 saturated carbocycles. The van der Waals surface area contributed by atoms with E-state index in [-0.39, 0.29) is 30.1 Å². The maximum atomic E-state index is 13.4. The molecule has 3 aromatic carbocycles. The van der Waals surface area contributed by atoms with Gasteiger partial charge in [0.1, 0.15) is 23.5 Å². The molecule has 4 rings (SSSR count). The second-order valence-electron chi connectivity index (χ2n) is 8.54. The van der Waals surface area contributed by atoms with Crippen molar-refractivity contribution in [3.63, 3.8) is 0 Å². The first kappa shape index (κ1) is 23.3. The molecule has 0 saturated heterocycles. The second kappa shape index (κ2) is 9.55. The molecule has 5 nitrogen and oxygen atoms in total. The van der Waals surface area contributed by atoms with Crippen LogP contribution in [0, 0.1) is 17.6 Å². The minimum absolute atomic E-state index is 0.122. The minimum atomic E-state index is -0.920. The van der Waals surface area contributed by atoms with Crippen molar-refractivity contribution in [1.82, 2.24) is 5.32 Å². The number of hydrogen-bond acceptors (Lipinski definition) is 3. The Morgan fingerprint density at radius 1 is 0.971 bits per heavy atom. The molecule has 0 radical (unpaired) electrons. The molecule has 1 heterocycles. The first-order valence-corrected chi connectivity index (χ1v) is 11.0. The van der Waals surface area contributed by atoms with E-state index >= 15 is 0 Å². The van der Waals surface area contributed by atoms with Gasteiger partial charge in [-0.2, -0.15) is 0 Å². The first-order valence-electron chi connectivity index (χ1n) is 11.0. The van der Waals surface area contributed by atoms with Crippen LogP contribution in [0.15, 0.2) is 66.7 Å². The molecule has 2 amide bonds. The van der Waals surface area contributed by atoms with E-state index in [0.717, 1.165) is 35.0 Å². The zero-order chi connectivity index (χ0) is 24.4. The summed E-state index contributed by atoms with van der Waals surface area (Å²) in [5.41, 5.74) is 3.35. The van der Waals surface area contributed by atoms with Crippen molar-refractivity contribution in [2.24, 2.45) is 5.92 Å². The average Bonchev–Trinajstić information content (AvgIpc) is 2.88. The van der Waals surface area contributed by atoms with E-state index in [9.17, 15) is 23.2 Å². The Hall–Kier alpha value is -3.87. The van der Waals surface area contributed by atoms with Crippen LogP contribution in [0.1, 0.15) is 30.5 Å². The molecule has 34 heavy (non-hydrogen) atoms. The number of nitrogens with zero attached hydrogens (tertiary/aromatic N) is 1. The Morgan fingerprint density at radius 3 is 2.29 bits per heavy atom. The van der Waals surface area contributed by atoms with E-state index < -0.39 is 29.5 Å². The smallest absolute Gasteiger partial charge is 0.253 e. The van der Waals surface area contributed by atoms with Crippen LogP contribution in [-0.4, -0.2) is 24.6 Å². The van der Waals surface area contributed by atoms with Gasteiger partial charge in [-0.05, 0) is 34.9 Å². The predicted octanol–water partition coefficient (Wildman–Crippen LogP) is 4.60. The van der Waals surface area contributed by atoms with Crippen LogP contribution in [-0.2, 0) is 20.8 Å². The Balaban J connectivity index is 1.52. The van der Waals surface area contributed by atoms with Crippen molar-refractivity contribution in [1.29, 1.82) is 0 Å². The molecule has 0 aliphatic carbocycles. The monoisotopic (exact) mass is 462 g/mol. The second-order valence-corrected chi connectivity index (χ2v) is 8.54. The number of ketones is 1. The number of carbonyl (C=O) groups excluding carboxylic acids is 3. The van der Waals surface area contributed by atoms with Gasteiger partial charge in [0.15, 0.2) is 0 Å². The van der Waals surface area contributed by atoms with E-state index in [2.05, 4.69) is 5.32 Å². The molecule has 7 heteroatoms. The molecule has 1 aliphatic heterocycles. The summed E-state index contributed by atoms with van der Waals surface area (Å²) in [7, 11) is 1.66. The van der Waals surface area contributed by atoms with Crippen molar-refractivity contribution in [2.75, 3.05) is 11.9 Å². The lowest BCUT2D eigenvalue weighted by atomic mass is 9.94. The molecule has 1 N–H and O–H groups in total. The highest BCUT2D eigenvalue weighted by Gasteiger charge is 2.34. The van der Waals surface area contributed by atoms with E-state index in [0.29, 0.717) is 5.56 Å². The Bertz CT molecular complexity index is 1250. The molecule has 1 aliphatic rings. The number of benzene rings is 3. The molecule has 0 fully saturated rings. The average molecular weight is 462 g/mol. The van der Waals surface area contributed by atoms with Gasteiger partial charge in [-0.1, -0.05) is 49.4 Å². The Morgan fingerprint density at radius 2 is 1.59 bits per heavy atom. The highest BCUT2D eigenvalue weighted by molar-refractivity contribution is 6.06. The fraction of sp³-hybridized carbons (Fsp3) is 0.222. The fourth-order valence-electron chi connectivity index (χ4n) is 4.30. The number of likely N-dealkylation sites (N-methyl/N-ethyl adjacent to an activating group) is 1. The van der Waals surface area contributed by atoms with Crippen LogP contribution in [0.2, 0.25) is 0 Å². The quantitative estimate of drug-likeness (QED) is 0.582. The van der Waals surface area contributed by atoms with Gasteiger partial charge in [0.2, 0.25) is 5.91 Å². The van der Waals surface area contributed by atoms with Crippen LogP contribution in [0.3, 0.4) is 0 Å². The van der Waals surface area contributed by atoms with Crippen molar-refractivity contribution >= 4 is 23.3 Å². The minimum Gasteiger partial charge on any atom is -0.340 e. The van der Waals surface area contributed by atoms with Crippen molar-refractivity contribution < 1.29 is 23.2 Å². The van der Waals surface area contributed by atoms with Gasteiger partial charge in [-0.25, -0.2) is 8.78 Å². The maximum Gasteiger partial charge on any atom is 0.253 e. The molecular weight excluding hydrogens is 438 g/mol. The van der Waals surface area contributed by atoms with E-state index in [1.54, 1.807) is 14.0 Å². The molecule has 0 unspecified atom stereocenters. The van der Waals surface area contributed by atoms with E-state index in [4.69, 9.17) is 0 Å². The van der Waals surface area contributed by atoms with Crippen molar-refractivity contribution in [2.45, 2.75) is 25.8 Å². The normalized spacial score (nSPS) is 15.7. The summed E-state index contributed by atoms with van der Waals surface area (Å²) in [5, 5.41) is 2.81. The SMILES string of the molecule is C[C@H](CC(=O)Cc1cc(F)cc(F)c1)C(=O)N[C@@H]1C(=O)N(C)c2ccccc2-c2ccccc21.